The smallest absolute Gasteiger partial charge is 0.319 e. The molecule has 0 aromatic heterocycles. The monoisotopic (exact) mass is 397 g/mol. The number of anilines is 2. The average molecular weight is 397 g/mol. The molecule has 0 fully saturated rings. The Bertz CT molecular complexity index is 850. The summed E-state index contributed by atoms with van der Waals surface area (Å²) in [5.41, 5.74) is 3.38. The van der Waals surface area contributed by atoms with Gasteiger partial charge >= 0.3 is 12.0 Å². The van der Waals surface area contributed by atoms with Crippen LogP contribution in [-0.4, -0.2) is 31.1 Å². The van der Waals surface area contributed by atoms with Crippen molar-refractivity contribution in [2.24, 2.45) is 0 Å². The molecular weight excluding hydrogens is 370 g/mol. The van der Waals surface area contributed by atoms with E-state index in [9.17, 15) is 14.4 Å². The summed E-state index contributed by atoms with van der Waals surface area (Å²) in [6.45, 7) is 5.74. The highest BCUT2D eigenvalue weighted by atomic mass is 16.5. The Morgan fingerprint density at radius 2 is 1.69 bits per heavy atom. The number of nitrogens with one attached hydrogen (secondary N) is 3. The molecule has 7 heteroatoms. The number of rotatable bonds is 8. The number of carbonyl (C=O) groups excluding carboxylic acids is 3. The summed E-state index contributed by atoms with van der Waals surface area (Å²) in [5, 5.41) is 8.03. The van der Waals surface area contributed by atoms with Crippen molar-refractivity contribution >= 4 is 29.3 Å². The maximum Gasteiger partial charge on any atom is 0.319 e. The van der Waals surface area contributed by atoms with Crippen LogP contribution in [0.5, 0.6) is 0 Å². The normalized spacial score (nSPS) is 10.3. The first-order valence-electron chi connectivity index (χ1n) is 9.51. The van der Waals surface area contributed by atoms with Crippen LogP contribution < -0.4 is 16.0 Å². The van der Waals surface area contributed by atoms with Gasteiger partial charge in [-0.05, 0) is 36.1 Å². The SMILES string of the molecule is Cc1cccc(C(C)C)c1NC(=O)COC(=O)CCNC(=O)Nc1ccccc1. The topological polar surface area (TPSA) is 96.5 Å². The van der Waals surface area contributed by atoms with E-state index in [-0.39, 0.29) is 25.5 Å². The van der Waals surface area contributed by atoms with Crippen molar-refractivity contribution in [3.05, 3.63) is 59.7 Å². The van der Waals surface area contributed by atoms with Gasteiger partial charge in [-0.3, -0.25) is 9.59 Å². The summed E-state index contributed by atoms with van der Waals surface area (Å²) >= 11 is 0. The van der Waals surface area contributed by atoms with Gasteiger partial charge in [-0.25, -0.2) is 4.79 Å². The van der Waals surface area contributed by atoms with E-state index in [1.807, 2.05) is 45.0 Å². The number of hydrogen-bond acceptors (Lipinski definition) is 4. The maximum absolute atomic E-state index is 12.2. The molecule has 0 radical (unpaired) electrons. The minimum absolute atomic E-state index is 0.0307. The van der Waals surface area contributed by atoms with Crippen molar-refractivity contribution in [1.82, 2.24) is 5.32 Å². The standard InChI is InChI=1S/C22H27N3O4/c1-15(2)18-11-7-8-16(3)21(18)25-19(26)14-29-20(27)12-13-23-22(28)24-17-9-5-4-6-10-17/h4-11,15H,12-14H2,1-3H3,(H,25,26)(H2,23,24,28). The van der Waals surface area contributed by atoms with Crippen LogP contribution in [0.3, 0.4) is 0 Å². The van der Waals surface area contributed by atoms with Gasteiger partial charge in [0.2, 0.25) is 0 Å². The highest BCUT2D eigenvalue weighted by Crippen LogP contribution is 2.27. The first-order valence-corrected chi connectivity index (χ1v) is 9.51. The van der Waals surface area contributed by atoms with E-state index in [1.54, 1.807) is 24.3 Å². The van der Waals surface area contributed by atoms with E-state index in [4.69, 9.17) is 4.74 Å². The predicted molar refractivity (Wildman–Crippen MR) is 113 cm³/mol. The lowest BCUT2D eigenvalue weighted by atomic mass is 9.98. The van der Waals surface area contributed by atoms with E-state index in [1.165, 1.54) is 0 Å². The molecule has 0 bridgehead atoms. The summed E-state index contributed by atoms with van der Waals surface area (Å²) < 4.78 is 4.99. The third-order valence-corrected chi connectivity index (χ3v) is 4.20. The Morgan fingerprint density at radius 3 is 2.38 bits per heavy atom. The Balaban J connectivity index is 1.71. The number of urea groups is 1. The molecule has 29 heavy (non-hydrogen) atoms. The number of ether oxygens (including phenoxy) is 1. The van der Waals surface area contributed by atoms with Crippen molar-refractivity contribution in [1.29, 1.82) is 0 Å². The van der Waals surface area contributed by atoms with Crippen LogP contribution in [0.1, 0.15) is 37.3 Å². The number of hydrogen-bond donors (Lipinski definition) is 3. The van der Waals surface area contributed by atoms with Crippen LogP contribution in [-0.2, 0) is 14.3 Å². The first-order chi connectivity index (χ1) is 13.9. The fraction of sp³-hybridized carbons (Fsp3) is 0.318. The molecule has 0 aliphatic heterocycles. The molecular formula is C22H27N3O4. The summed E-state index contributed by atoms with van der Waals surface area (Å²) in [4.78, 5) is 35.7. The third-order valence-electron chi connectivity index (χ3n) is 4.20. The van der Waals surface area contributed by atoms with Crippen molar-refractivity contribution in [2.45, 2.75) is 33.1 Å². The molecule has 3 amide bonds. The third kappa shape index (κ3) is 7.29. The molecule has 7 nitrogen and oxygen atoms in total. The Kier molecular flexibility index (Phi) is 8.21. The Morgan fingerprint density at radius 1 is 0.966 bits per heavy atom. The Hall–Kier alpha value is -3.35. The fourth-order valence-corrected chi connectivity index (χ4v) is 2.71. The molecule has 0 heterocycles. The summed E-state index contributed by atoms with van der Waals surface area (Å²) in [6.07, 6.45) is -0.0307. The van der Waals surface area contributed by atoms with E-state index in [2.05, 4.69) is 16.0 Å². The molecule has 0 aliphatic carbocycles. The molecule has 0 saturated heterocycles. The molecule has 0 spiro atoms. The van der Waals surface area contributed by atoms with Crippen LogP contribution in [0.2, 0.25) is 0 Å². The molecule has 0 unspecified atom stereocenters. The summed E-state index contributed by atoms with van der Waals surface area (Å²) in [5.74, 6) is -0.709. The minimum Gasteiger partial charge on any atom is -0.456 e. The zero-order valence-electron chi connectivity index (χ0n) is 17.0. The lowest BCUT2D eigenvalue weighted by Crippen LogP contribution is -2.31. The molecule has 154 valence electrons. The first kappa shape index (κ1) is 21.9. The van der Waals surface area contributed by atoms with Gasteiger partial charge in [0.15, 0.2) is 6.61 Å². The molecule has 2 rings (SSSR count). The van der Waals surface area contributed by atoms with Crippen molar-refractivity contribution in [2.75, 3.05) is 23.8 Å². The van der Waals surface area contributed by atoms with E-state index < -0.39 is 17.9 Å². The molecule has 2 aromatic rings. The van der Waals surface area contributed by atoms with Crippen LogP contribution in [0.15, 0.2) is 48.5 Å². The van der Waals surface area contributed by atoms with Crippen molar-refractivity contribution in [3.8, 4) is 0 Å². The van der Waals surface area contributed by atoms with Gasteiger partial charge in [0.1, 0.15) is 0 Å². The van der Waals surface area contributed by atoms with Gasteiger partial charge < -0.3 is 20.7 Å². The molecule has 0 saturated carbocycles. The molecule has 3 N–H and O–H groups in total. The highest BCUT2D eigenvalue weighted by molar-refractivity contribution is 5.94. The second-order valence-electron chi connectivity index (χ2n) is 6.90. The van der Waals surface area contributed by atoms with E-state index in [0.717, 1.165) is 16.8 Å². The van der Waals surface area contributed by atoms with Gasteiger partial charge in [-0.1, -0.05) is 50.2 Å². The largest absolute Gasteiger partial charge is 0.456 e. The number of benzene rings is 2. The van der Waals surface area contributed by atoms with Gasteiger partial charge in [0.25, 0.3) is 5.91 Å². The van der Waals surface area contributed by atoms with Gasteiger partial charge in [-0.15, -0.1) is 0 Å². The second-order valence-corrected chi connectivity index (χ2v) is 6.90. The molecule has 2 aromatic carbocycles. The van der Waals surface area contributed by atoms with E-state index in [0.29, 0.717) is 5.69 Å². The zero-order valence-corrected chi connectivity index (χ0v) is 17.0. The lowest BCUT2D eigenvalue weighted by molar-refractivity contribution is -0.147. The predicted octanol–water partition coefficient (Wildman–Crippen LogP) is 3.81. The van der Waals surface area contributed by atoms with Gasteiger partial charge in [-0.2, -0.15) is 0 Å². The second kappa shape index (κ2) is 10.8. The number of aryl methyl sites for hydroxylation is 1. The zero-order chi connectivity index (χ0) is 21.2. The summed E-state index contributed by atoms with van der Waals surface area (Å²) in [6, 6.07) is 14.4. The number of amides is 3. The summed E-state index contributed by atoms with van der Waals surface area (Å²) in [7, 11) is 0. The van der Waals surface area contributed by atoms with Crippen molar-refractivity contribution in [3.63, 3.8) is 0 Å². The Labute approximate surface area is 170 Å². The maximum atomic E-state index is 12.2. The van der Waals surface area contributed by atoms with Crippen LogP contribution in [0, 0.1) is 6.92 Å². The van der Waals surface area contributed by atoms with Gasteiger partial charge in [0, 0.05) is 17.9 Å². The number of carbonyl (C=O) groups is 3. The van der Waals surface area contributed by atoms with Crippen LogP contribution in [0.4, 0.5) is 16.2 Å². The van der Waals surface area contributed by atoms with Crippen LogP contribution in [0.25, 0.3) is 0 Å². The van der Waals surface area contributed by atoms with Crippen LogP contribution >= 0.6 is 0 Å². The quantitative estimate of drug-likeness (QED) is 0.590. The van der Waals surface area contributed by atoms with E-state index >= 15 is 0 Å². The highest BCUT2D eigenvalue weighted by Gasteiger charge is 2.13. The molecule has 0 aliphatic rings. The average Bonchev–Trinajstić information content (AvgIpc) is 2.68. The van der Waals surface area contributed by atoms with Crippen molar-refractivity contribution < 1.29 is 19.1 Å². The minimum atomic E-state index is -0.561. The van der Waals surface area contributed by atoms with Gasteiger partial charge in [0.05, 0.1) is 6.42 Å². The lowest BCUT2D eigenvalue weighted by Gasteiger charge is -2.16. The fourth-order valence-electron chi connectivity index (χ4n) is 2.71. The number of para-hydroxylation sites is 2. The molecule has 0 atom stereocenters. The number of esters is 1.